The van der Waals surface area contributed by atoms with Gasteiger partial charge in [0.05, 0.1) is 4.90 Å². The molecular weight excluding hydrogens is 412 g/mol. The summed E-state index contributed by atoms with van der Waals surface area (Å²) in [5, 5.41) is 2.77. The zero-order valence-electron chi connectivity index (χ0n) is 17.8. The van der Waals surface area contributed by atoms with E-state index in [4.69, 9.17) is 4.74 Å². The number of ether oxygens (including phenoxy) is 1. The number of sulfonamides is 1. The highest BCUT2D eigenvalue weighted by Gasteiger charge is 2.15. The summed E-state index contributed by atoms with van der Waals surface area (Å²) in [6, 6.07) is 19.1. The van der Waals surface area contributed by atoms with Crippen LogP contribution in [0.4, 0.5) is 11.4 Å². The topological polar surface area (TPSA) is 84.5 Å². The minimum absolute atomic E-state index is 0.111. The lowest BCUT2D eigenvalue weighted by atomic mass is 10.1. The number of anilines is 2. The Bertz CT molecular complexity index is 1130. The third kappa shape index (κ3) is 6.33. The summed E-state index contributed by atoms with van der Waals surface area (Å²) >= 11 is 0. The standard InChI is InChI=1S/C24H26N2O4S/c1-4-19-5-7-20(8-6-19)25-24(27)16-30-22-9-11-23(12-10-22)31(28,29)26-21-14-17(2)13-18(3)15-21/h5-15,26H,4,16H2,1-3H3,(H,25,27). The number of carbonyl (C=O) groups is 1. The summed E-state index contributed by atoms with van der Waals surface area (Å²) in [6.07, 6.45) is 0.934. The average molecular weight is 439 g/mol. The molecule has 0 aliphatic carbocycles. The molecule has 0 saturated heterocycles. The number of amides is 1. The second-order valence-electron chi connectivity index (χ2n) is 7.34. The molecule has 0 fully saturated rings. The molecule has 3 aromatic rings. The zero-order valence-corrected chi connectivity index (χ0v) is 18.6. The van der Waals surface area contributed by atoms with Gasteiger partial charge >= 0.3 is 0 Å². The number of benzene rings is 3. The Morgan fingerprint density at radius 1 is 0.871 bits per heavy atom. The highest BCUT2D eigenvalue weighted by atomic mass is 32.2. The van der Waals surface area contributed by atoms with Crippen molar-refractivity contribution in [2.75, 3.05) is 16.6 Å². The fourth-order valence-electron chi connectivity index (χ4n) is 3.13. The molecule has 2 N–H and O–H groups in total. The Morgan fingerprint density at radius 3 is 2.06 bits per heavy atom. The summed E-state index contributed by atoms with van der Waals surface area (Å²) in [7, 11) is -3.73. The summed E-state index contributed by atoms with van der Waals surface area (Å²) < 4.78 is 33.3. The van der Waals surface area contributed by atoms with Gasteiger partial charge in [0.2, 0.25) is 0 Å². The van der Waals surface area contributed by atoms with Crippen LogP contribution in [0, 0.1) is 13.8 Å². The van der Waals surface area contributed by atoms with Crippen molar-refractivity contribution in [3.05, 3.63) is 83.4 Å². The van der Waals surface area contributed by atoms with E-state index in [1.165, 1.54) is 29.8 Å². The molecule has 0 aliphatic heterocycles. The van der Waals surface area contributed by atoms with Gasteiger partial charge in [-0.3, -0.25) is 9.52 Å². The maximum atomic E-state index is 12.6. The maximum Gasteiger partial charge on any atom is 0.262 e. The van der Waals surface area contributed by atoms with Crippen molar-refractivity contribution in [3.8, 4) is 5.75 Å². The lowest BCUT2D eigenvalue weighted by molar-refractivity contribution is -0.118. The minimum atomic E-state index is -3.73. The second kappa shape index (κ2) is 9.66. The fraction of sp³-hybridized carbons (Fsp3) is 0.208. The monoisotopic (exact) mass is 438 g/mol. The van der Waals surface area contributed by atoms with Crippen LogP contribution in [0.1, 0.15) is 23.6 Å². The Labute approximate surface area is 183 Å². The molecule has 0 atom stereocenters. The van der Waals surface area contributed by atoms with Crippen molar-refractivity contribution < 1.29 is 17.9 Å². The lowest BCUT2D eigenvalue weighted by Crippen LogP contribution is -2.20. The third-order valence-corrected chi connectivity index (χ3v) is 6.02. The van der Waals surface area contributed by atoms with Gasteiger partial charge in [0.25, 0.3) is 15.9 Å². The summed E-state index contributed by atoms with van der Waals surface area (Å²) in [6.45, 7) is 5.71. The number of hydrogen-bond acceptors (Lipinski definition) is 4. The molecule has 31 heavy (non-hydrogen) atoms. The fourth-order valence-corrected chi connectivity index (χ4v) is 4.17. The molecule has 0 radical (unpaired) electrons. The Hall–Kier alpha value is -3.32. The Morgan fingerprint density at radius 2 is 1.48 bits per heavy atom. The molecule has 0 saturated carbocycles. The maximum absolute atomic E-state index is 12.6. The second-order valence-corrected chi connectivity index (χ2v) is 9.02. The van der Waals surface area contributed by atoms with Gasteiger partial charge in [0.1, 0.15) is 5.75 Å². The van der Waals surface area contributed by atoms with Crippen LogP contribution >= 0.6 is 0 Å². The molecule has 0 aliphatic rings. The average Bonchev–Trinajstić information content (AvgIpc) is 2.72. The van der Waals surface area contributed by atoms with E-state index in [9.17, 15) is 13.2 Å². The molecule has 3 rings (SSSR count). The van der Waals surface area contributed by atoms with Gasteiger partial charge in [0.15, 0.2) is 6.61 Å². The largest absolute Gasteiger partial charge is 0.484 e. The summed E-state index contributed by atoms with van der Waals surface area (Å²) in [5.41, 5.74) is 4.35. The van der Waals surface area contributed by atoms with Crippen molar-refractivity contribution in [1.82, 2.24) is 0 Å². The van der Waals surface area contributed by atoms with Crippen LogP contribution in [0.3, 0.4) is 0 Å². The van der Waals surface area contributed by atoms with Crippen LogP contribution in [-0.2, 0) is 21.2 Å². The van der Waals surface area contributed by atoms with E-state index in [2.05, 4.69) is 17.0 Å². The minimum Gasteiger partial charge on any atom is -0.484 e. The van der Waals surface area contributed by atoms with Crippen LogP contribution in [-0.4, -0.2) is 20.9 Å². The summed E-state index contributed by atoms with van der Waals surface area (Å²) in [4.78, 5) is 12.2. The van der Waals surface area contributed by atoms with Gasteiger partial charge in [-0.15, -0.1) is 0 Å². The third-order valence-electron chi connectivity index (χ3n) is 4.62. The smallest absolute Gasteiger partial charge is 0.262 e. The Balaban J connectivity index is 1.58. The van der Waals surface area contributed by atoms with Crippen LogP contribution in [0.15, 0.2) is 71.6 Å². The van der Waals surface area contributed by atoms with Crippen molar-refractivity contribution in [3.63, 3.8) is 0 Å². The SMILES string of the molecule is CCc1ccc(NC(=O)COc2ccc(S(=O)(=O)Nc3cc(C)cc(C)c3)cc2)cc1. The van der Waals surface area contributed by atoms with Crippen molar-refractivity contribution in [2.24, 2.45) is 0 Å². The molecule has 0 bridgehead atoms. The number of hydrogen-bond donors (Lipinski definition) is 2. The van der Waals surface area contributed by atoms with E-state index in [0.29, 0.717) is 17.1 Å². The van der Waals surface area contributed by atoms with Gasteiger partial charge in [-0.1, -0.05) is 25.1 Å². The molecule has 0 spiro atoms. The van der Waals surface area contributed by atoms with Crippen LogP contribution in [0.5, 0.6) is 5.75 Å². The summed E-state index contributed by atoms with van der Waals surface area (Å²) in [5.74, 6) is 0.110. The molecule has 3 aromatic carbocycles. The highest BCUT2D eigenvalue weighted by molar-refractivity contribution is 7.92. The van der Waals surface area contributed by atoms with Gasteiger partial charge in [-0.2, -0.15) is 0 Å². The zero-order chi connectivity index (χ0) is 22.4. The van der Waals surface area contributed by atoms with E-state index in [1.807, 2.05) is 44.2 Å². The Kier molecular flexibility index (Phi) is 6.97. The molecule has 0 heterocycles. The molecule has 0 unspecified atom stereocenters. The first-order valence-corrected chi connectivity index (χ1v) is 11.5. The molecule has 6 nitrogen and oxygen atoms in total. The first kappa shape index (κ1) is 22.4. The van der Waals surface area contributed by atoms with E-state index >= 15 is 0 Å². The molecule has 0 aromatic heterocycles. The predicted molar refractivity (Wildman–Crippen MR) is 123 cm³/mol. The van der Waals surface area contributed by atoms with E-state index in [-0.39, 0.29) is 17.4 Å². The van der Waals surface area contributed by atoms with Gasteiger partial charge < -0.3 is 10.1 Å². The number of carbonyl (C=O) groups excluding carboxylic acids is 1. The van der Waals surface area contributed by atoms with Crippen molar-refractivity contribution >= 4 is 27.3 Å². The first-order chi connectivity index (χ1) is 14.7. The van der Waals surface area contributed by atoms with E-state index < -0.39 is 10.0 Å². The van der Waals surface area contributed by atoms with E-state index in [1.54, 1.807) is 12.1 Å². The van der Waals surface area contributed by atoms with Crippen LogP contribution in [0.2, 0.25) is 0 Å². The predicted octanol–water partition coefficient (Wildman–Crippen LogP) is 4.68. The molecular formula is C24H26N2O4S. The van der Waals surface area contributed by atoms with Crippen molar-refractivity contribution in [1.29, 1.82) is 0 Å². The molecule has 162 valence electrons. The van der Waals surface area contributed by atoms with Gasteiger partial charge in [0, 0.05) is 11.4 Å². The van der Waals surface area contributed by atoms with Gasteiger partial charge in [-0.05, 0) is 85.5 Å². The normalized spacial score (nSPS) is 11.1. The molecule has 1 amide bonds. The van der Waals surface area contributed by atoms with Crippen LogP contribution < -0.4 is 14.8 Å². The number of rotatable bonds is 8. The number of nitrogens with one attached hydrogen (secondary N) is 2. The number of aryl methyl sites for hydroxylation is 3. The first-order valence-electron chi connectivity index (χ1n) is 9.98. The molecule has 7 heteroatoms. The van der Waals surface area contributed by atoms with Crippen LogP contribution in [0.25, 0.3) is 0 Å². The van der Waals surface area contributed by atoms with Crippen molar-refractivity contribution in [2.45, 2.75) is 32.1 Å². The quantitative estimate of drug-likeness (QED) is 0.535. The van der Waals surface area contributed by atoms with E-state index in [0.717, 1.165) is 17.5 Å². The highest BCUT2D eigenvalue weighted by Crippen LogP contribution is 2.21. The lowest BCUT2D eigenvalue weighted by Gasteiger charge is -2.11. The van der Waals surface area contributed by atoms with Gasteiger partial charge in [-0.25, -0.2) is 8.42 Å².